The first-order chi connectivity index (χ1) is 40.1. The second kappa shape index (κ2) is 39.1. The first kappa shape index (κ1) is 85.6. The van der Waals surface area contributed by atoms with Gasteiger partial charge in [-0.3, -0.25) is 52.7 Å². The summed E-state index contributed by atoms with van der Waals surface area (Å²) in [4.78, 5) is 169. The van der Waals surface area contributed by atoms with Gasteiger partial charge in [0.05, 0.1) is 6.10 Å². The van der Waals surface area contributed by atoms with Crippen molar-refractivity contribution in [2.75, 3.05) is 49.3 Å². The Balaban J connectivity index is 0. The van der Waals surface area contributed by atoms with Gasteiger partial charge < -0.3 is 75.0 Å². The van der Waals surface area contributed by atoms with Crippen molar-refractivity contribution in [1.29, 1.82) is 0 Å². The van der Waals surface area contributed by atoms with E-state index >= 15 is 9.59 Å². The summed E-state index contributed by atoms with van der Waals surface area (Å²) in [5.74, 6) is -9.51. The van der Waals surface area contributed by atoms with E-state index in [1.165, 1.54) is 92.6 Å². The average molecular weight is 1430 g/mol. The Morgan fingerprint density at radius 3 is 1.33 bits per heavy atom. The molecule has 0 aromatic rings. The van der Waals surface area contributed by atoms with Gasteiger partial charge in [0.25, 0.3) is 0 Å². The predicted octanol–water partition coefficient (Wildman–Crippen LogP) is 4.31. The number of nitrogens with zero attached hydrogens (tertiary/aromatic N) is 7. The summed E-state index contributed by atoms with van der Waals surface area (Å²) in [5, 5.41) is 23.1. The molecule has 1 rings (SSSR count). The zero-order valence-corrected chi connectivity index (χ0v) is 61.7. The van der Waals surface area contributed by atoms with Crippen molar-refractivity contribution >= 4 is 65.0 Å². The second-order valence-electron chi connectivity index (χ2n) is 26.7. The van der Waals surface area contributed by atoms with Gasteiger partial charge in [-0.25, -0.2) is 0 Å². The van der Waals surface area contributed by atoms with Crippen LogP contribution in [0.15, 0.2) is 12.2 Å². The van der Waals surface area contributed by atoms with E-state index in [2.05, 4.69) is 28.2 Å². The molecule has 13 atom stereocenters. The molecular formula is C65H117N11O12W. The Kier molecular flexibility index (Phi) is 37.6. The number of hydrogen-bond acceptors (Lipinski definition) is 12. The van der Waals surface area contributed by atoms with Crippen LogP contribution in [-0.2, 0) is 73.8 Å². The fourth-order valence-corrected chi connectivity index (χ4v) is 10.9. The van der Waals surface area contributed by atoms with Crippen LogP contribution in [0.25, 0.3) is 0 Å². The minimum absolute atomic E-state index is 0. The number of aliphatic hydroxyl groups is 1. The van der Waals surface area contributed by atoms with Gasteiger partial charge in [-0.15, -0.1) is 0 Å². The van der Waals surface area contributed by atoms with Crippen LogP contribution in [0.4, 0.5) is 0 Å². The summed E-state index contributed by atoms with van der Waals surface area (Å²) in [5.41, 5.74) is 0. The van der Waals surface area contributed by atoms with E-state index in [0.29, 0.717) is 6.42 Å². The van der Waals surface area contributed by atoms with E-state index in [4.69, 9.17) is 0 Å². The van der Waals surface area contributed by atoms with Crippen LogP contribution < -0.4 is 21.3 Å². The second-order valence-corrected chi connectivity index (χ2v) is 26.7. The largest absolute Gasteiger partial charge is 2.00 e. The number of carbonyl (C=O) groups excluding carboxylic acids is 11. The van der Waals surface area contributed by atoms with Gasteiger partial charge in [-0.2, -0.15) is 0 Å². The number of hydrogen-bond donors (Lipinski definition) is 5. The van der Waals surface area contributed by atoms with Gasteiger partial charge in [0.2, 0.25) is 65.0 Å². The summed E-state index contributed by atoms with van der Waals surface area (Å²) in [7, 11) is 10.0. The summed E-state index contributed by atoms with van der Waals surface area (Å²) in [6, 6.07) is -13.3. The van der Waals surface area contributed by atoms with Crippen molar-refractivity contribution in [3.63, 3.8) is 0 Å². The number of allylic oxidation sites excluding steroid dienone is 2. The van der Waals surface area contributed by atoms with Crippen molar-refractivity contribution in [2.24, 2.45) is 41.4 Å². The monoisotopic (exact) mass is 1430 g/mol. The fraction of sp³-hybridized carbons (Fsp3) is 0.769. The van der Waals surface area contributed by atoms with E-state index in [-0.39, 0.29) is 90.7 Å². The predicted molar refractivity (Wildman–Crippen MR) is 344 cm³/mol. The van der Waals surface area contributed by atoms with Crippen LogP contribution in [-0.4, -0.2) is 226 Å². The Morgan fingerprint density at radius 1 is 0.483 bits per heavy atom. The Hall–Kier alpha value is -5.44. The normalized spacial score (nSPS) is 26.9. The Morgan fingerprint density at radius 2 is 0.888 bits per heavy atom. The molecule has 0 radical (unpaired) electrons. The number of nitrogens with one attached hydrogen (secondary N) is 4. The molecule has 0 bridgehead atoms. The quantitative estimate of drug-likeness (QED) is 0.113. The summed E-state index contributed by atoms with van der Waals surface area (Å²) >= 11 is 0. The zero-order chi connectivity index (χ0) is 67.6. The van der Waals surface area contributed by atoms with E-state index < -0.39 is 155 Å². The smallest absolute Gasteiger partial charge is 0.390 e. The van der Waals surface area contributed by atoms with Crippen LogP contribution in [0.1, 0.15) is 163 Å². The maximum atomic E-state index is 15.2. The molecule has 510 valence electrons. The van der Waals surface area contributed by atoms with Gasteiger partial charge in [-0.05, 0) is 101 Å². The van der Waals surface area contributed by atoms with Crippen LogP contribution in [0.5, 0.6) is 0 Å². The molecule has 89 heavy (non-hydrogen) atoms. The van der Waals surface area contributed by atoms with Crippen molar-refractivity contribution in [3.8, 4) is 0 Å². The summed E-state index contributed by atoms with van der Waals surface area (Å²) in [6.07, 6.45) is 2.74. The van der Waals surface area contributed by atoms with Gasteiger partial charge in [-0.1, -0.05) is 115 Å². The van der Waals surface area contributed by atoms with Crippen molar-refractivity contribution < 1.29 is 78.9 Å². The minimum atomic E-state index is -1.60. The molecule has 24 heteroatoms. The van der Waals surface area contributed by atoms with Gasteiger partial charge in [0.15, 0.2) is 0 Å². The molecule has 5 N–H and O–H groups in total. The molecule has 0 aliphatic carbocycles. The Labute approximate surface area is 549 Å². The fourth-order valence-electron chi connectivity index (χ4n) is 10.9. The Bertz CT molecular complexity index is 2390. The molecular weight excluding hydrogens is 1310 g/mol. The molecule has 1 aliphatic heterocycles. The molecule has 11 amide bonds. The number of aliphatic hydroxyl groups excluding tert-OH is 1. The molecule has 0 spiro atoms. The van der Waals surface area contributed by atoms with Crippen LogP contribution in [0.2, 0.25) is 0 Å². The third kappa shape index (κ3) is 24.3. The van der Waals surface area contributed by atoms with Gasteiger partial charge in [0.1, 0.15) is 60.4 Å². The summed E-state index contributed by atoms with van der Waals surface area (Å²) < 4.78 is 0. The number of likely N-dealkylation sites (N-methyl/N-ethyl adjacent to an activating group) is 7. The maximum Gasteiger partial charge on any atom is 2.00 e. The van der Waals surface area contributed by atoms with Crippen molar-refractivity contribution in [2.45, 2.75) is 235 Å². The third-order valence-corrected chi connectivity index (χ3v) is 16.6. The zero-order valence-electron chi connectivity index (χ0n) is 58.8. The third-order valence-electron chi connectivity index (χ3n) is 16.6. The molecule has 0 aromatic carbocycles. The van der Waals surface area contributed by atoms with Gasteiger partial charge >= 0.3 is 21.1 Å². The molecule has 23 nitrogen and oxygen atoms in total. The first-order valence-corrected chi connectivity index (χ1v) is 31.3. The number of carbonyl (C=O) groups is 11. The van der Waals surface area contributed by atoms with E-state index in [9.17, 15) is 48.3 Å². The number of rotatable bonds is 15. The van der Waals surface area contributed by atoms with Crippen LogP contribution in [0, 0.1) is 55.8 Å². The average Bonchev–Trinajstić information content (AvgIpc) is 2.81. The standard InChI is InChI=1S/C64H114N11O12.CH3.W/c1-26-28-29-41(15)54(77)53-58(81)67-45(27-2)60(83)69(19)42(16)34-50(76)70(20)46(30-35(3)4)57(80)68-51(39(11)12)63(86)71(21)47(31-36(5)6)56(79)65-43(17)55(78)66-44(18)59(82)72(22)48(32-37(7)8)61(84)73(23)49(33-38(9)10)62(85)74(24)52(40(13)14)64(87)75(53)25;;/h26,28,35-49,51-54,77H,16,27,29-34H2,1-15,17-25H3,(H,65,79)(H,66,78)(H,67,81)(H,68,80);1H3;/q2*-1;+2/b28-26+;;/t41-,42-,43+,44-,45+,46+,47+,48+,49+,51+,52+,53+,54-;;/m1../s1. The topological polar surface area (TPSA) is 279 Å². The van der Waals surface area contributed by atoms with Crippen LogP contribution in [0.3, 0.4) is 0 Å². The molecule has 1 saturated heterocycles. The van der Waals surface area contributed by atoms with E-state index in [1.807, 2.05) is 61.5 Å². The molecule has 0 unspecified atom stereocenters. The van der Waals surface area contributed by atoms with Gasteiger partial charge in [0, 0.05) is 55.8 Å². The molecule has 1 heterocycles. The van der Waals surface area contributed by atoms with Crippen LogP contribution >= 0.6 is 0 Å². The summed E-state index contributed by atoms with van der Waals surface area (Å²) in [6.45, 7) is 34.1. The van der Waals surface area contributed by atoms with E-state index in [1.54, 1.807) is 54.5 Å². The maximum absolute atomic E-state index is 15.2. The first-order valence-electron chi connectivity index (χ1n) is 31.3. The van der Waals surface area contributed by atoms with E-state index in [0.717, 1.165) is 4.90 Å². The SMILES string of the molecule is [CH2-][C@@H]1CC(=O)N(C)[C@@H](CC(C)C)C(=O)N[C@@H](C(C)C)C(=O)N(C)[C@@H](CC(C)C)C(=O)N[C@@H](C)C(=O)N[C@H](C)C(=O)N(C)[C@@H](CC(C)C)C(=O)N(C)[C@@H](CC(C)C)C(=O)N(C)[C@@H](C(C)C)C(=O)N(C)[C@@H]([C@H](O)[C@H](C)C/C=C/C)C(=O)N[C@@H](CC)C(=O)N1C.[CH3-].[W+2]. The molecule has 1 aliphatic rings. The minimum Gasteiger partial charge on any atom is -0.390 e. The molecule has 0 aromatic heterocycles. The molecule has 1 fully saturated rings. The number of amides is 11. The molecule has 0 saturated carbocycles. The van der Waals surface area contributed by atoms with Crippen molar-refractivity contribution in [3.05, 3.63) is 26.5 Å². The van der Waals surface area contributed by atoms with Crippen molar-refractivity contribution in [1.82, 2.24) is 55.6 Å².